The van der Waals surface area contributed by atoms with Crippen LogP contribution < -0.4 is 0 Å². The third kappa shape index (κ3) is 2.99. The quantitative estimate of drug-likeness (QED) is 0.624. The summed E-state index contributed by atoms with van der Waals surface area (Å²) in [5.74, 6) is 2.07. The van der Waals surface area contributed by atoms with Crippen LogP contribution in [0, 0.1) is 0 Å². The van der Waals surface area contributed by atoms with Crippen molar-refractivity contribution in [3.63, 3.8) is 0 Å². The smallest absolute Gasteiger partial charge is 0.162 e. The maximum atomic E-state index is 11.4. The van der Waals surface area contributed by atoms with Crippen molar-refractivity contribution in [2.24, 2.45) is 0 Å². The van der Waals surface area contributed by atoms with E-state index in [9.17, 15) is 4.79 Å². The molecule has 1 aliphatic rings. The zero-order chi connectivity index (χ0) is 8.81. The lowest BCUT2D eigenvalue weighted by Gasteiger charge is -2.20. The molecule has 1 saturated heterocycles. The summed E-state index contributed by atoms with van der Waals surface area (Å²) in [4.78, 5) is 11.4. The molecule has 3 heteroatoms. The van der Waals surface area contributed by atoms with Gasteiger partial charge in [-0.05, 0) is 6.42 Å². The van der Waals surface area contributed by atoms with E-state index in [0.717, 1.165) is 24.5 Å². The Morgan fingerprint density at radius 1 is 1.75 bits per heavy atom. The Balaban J connectivity index is 2.24. The molecule has 1 atom stereocenters. The van der Waals surface area contributed by atoms with E-state index < -0.39 is 0 Å². The van der Waals surface area contributed by atoms with Crippen LogP contribution in [0.25, 0.3) is 0 Å². The van der Waals surface area contributed by atoms with Crippen LogP contribution in [0.4, 0.5) is 0 Å². The van der Waals surface area contributed by atoms with Crippen LogP contribution in [0.1, 0.15) is 12.8 Å². The first-order chi connectivity index (χ1) is 5.84. The Labute approximate surface area is 77.4 Å². The van der Waals surface area contributed by atoms with E-state index in [4.69, 9.17) is 4.74 Å². The standard InChI is InChI=1S/C9H14O2S/c1-2-3-4-8(10)9-7-12-6-5-11-9/h2,9H,1,3-7H2. The average Bonchev–Trinajstić information content (AvgIpc) is 2.15. The minimum Gasteiger partial charge on any atom is -0.369 e. The minimum absolute atomic E-state index is 0.149. The zero-order valence-electron chi connectivity index (χ0n) is 7.12. The molecule has 1 aliphatic heterocycles. The predicted molar refractivity (Wildman–Crippen MR) is 51.5 cm³/mol. The largest absolute Gasteiger partial charge is 0.369 e. The molecule has 0 aliphatic carbocycles. The van der Waals surface area contributed by atoms with Gasteiger partial charge >= 0.3 is 0 Å². The van der Waals surface area contributed by atoms with E-state index in [1.807, 2.05) is 0 Å². The lowest BCUT2D eigenvalue weighted by molar-refractivity contribution is -0.129. The monoisotopic (exact) mass is 186 g/mol. The summed E-state index contributed by atoms with van der Waals surface area (Å²) in [6.07, 6.45) is 2.97. The van der Waals surface area contributed by atoms with Crippen LogP contribution in [0.3, 0.4) is 0 Å². The van der Waals surface area contributed by atoms with Crippen LogP contribution in [-0.2, 0) is 9.53 Å². The van der Waals surface area contributed by atoms with Gasteiger partial charge in [0.1, 0.15) is 6.10 Å². The Hall–Kier alpha value is -0.280. The summed E-state index contributed by atoms with van der Waals surface area (Å²) in [5, 5.41) is 0. The number of rotatable bonds is 4. The number of allylic oxidation sites excluding steroid dienone is 1. The van der Waals surface area contributed by atoms with Gasteiger partial charge in [-0.2, -0.15) is 11.8 Å². The molecule has 2 nitrogen and oxygen atoms in total. The molecule has 0 bridgehead atoms. The van der Waals surface area contributed by atoms with Gasteiger partial charge in [-0.15, -0.1) is 6.58 Å². The average molecular weight is 186 g/mol. The van der Waals surface area contributed by atoms with E-state index in [0.29, 0.717) is 6.42 Å². The molecule has 1 heterocycles. The number of carbonyl (C=O) groups is 1. The highest BCUT2D eigenvalue weighted by atomic mass is 32.2. The molecule has 0 aromatic rings. The van der Waals surface area contributed by atoms with E-state index in [-0.39, 0.29) is 11.9 Å². The van der Waals surface area contributed by atoms with Crippen molar-refractivity contribution in [3.8, 4) is 0 Å². The Morgan fingerprint density at radius 2 is 2.58 bits per heavy atom. The molecule has 1 rings (SSSR count). The highest BCUT2D eigenvalue weighted by Crippen LogP contribution is 2.14. The van der Waals surface area contributed by atoms with Crippen LogP contribution in [0.5, 0.6) is 0 Å². The van der Waals surface area contributed by atoms with E-state index in [1.54, 1.807) is 17.8 Å². The van der Waals surface area contributed by atoms with Gasteiger partial charge in [0.15, 0.2) is 5.78 Å². The number of Topliss-reactive ketones (excluding diaryl/α,β-unsaturated/α-hetero) is 1. The molecule has 0 spiro atoms. The van der Waals surface area contributed by atoms with Gasteiger partial charge in [0.05, 0.1) is 6.61 Å². The normalized spacial score (nSPS) is 23.5. The van der Waals surface area contributed by atoms with Crippen molar-refractivity contribution in [1.29, 1.82) is 0 Å². The molecule has 0 N–H and O–H groups in total. The SMILES string of the molecule is C=CCCC(=O)C1CSCCO1. The van der Waals surface area contributed by atoms with E-state index in [2.05, 4.69) is 6.58 Å². The van der Waals surface area contributed by atoms with Crippen LogP contribution in [0.15, 0.2) is 12.7 Å². The van der Waals surface area contributed by atoms with Crippen molar-refractivity contribution >= 4 is 17.5 Å². The maximum Gasteiger partial charge on any atom is 0.162 e. The highest BCUT2D eigenvalue weighted by Gasteiger charge is 2.20. The molecule has 1 fully saturated rings. The fourth-order valence-corrected chi connectivity index (χ4v) is 1.96. The van der Waals surface area contributed by atoms with Crippen LogP contribution >= 0.6 is 11.8 Å². The Kier molecular flexibility index (Phi) is 4.40. The first-order valence-electron chi connectivity index (χ1n) is 4.17. The second-order valence-corrected chi connectivity index (χ2v) is 3.88. The molecule has 0 amide bonds. The van der Waals surface area contributed by atoms with Gasteiger partial charge in [0.2, 0.25) is 0 Å². The lowest BCUT2D eigenvalue weighted by atomic mass is 10.1. The third-order valence-electron chi connectivity index (χ3n) is 1.77. The summed E-state index contributed by atoms with van der Waals surface area (Å²) >= 11 is 1.79. The van der Waals surface area contributed by atoms with Gasteiger partial charge in [-0.1, -0.05) is 6.08 Å². The highest BCUT2D eigenvalue weighted by molar-refractivity contribution is 7.99. The number of carbonyl (C=O) groups excluding carboxylic acids is 1. The Bertz CT molecular complexity index is 162. The van der Waals surface area contributed by atoms with Gasteiger partial charge in [-0.25, -0.2) is 0 Å². The van der Waals surface area contributed by atoms with E-state index in [1.165, 1.54) is 0 Å². The molecule has 0 aromatic carbocycles. The van der Waals surface area contributed by atoms with Crippen molar-refractivity contribution < 1.29 is 9.53 Å². The first-order valence-corrected chi connectivity index (χ1v) is 5.33. The molecule has 0 aromatic heterocycles. The summed E-state index contributed by atoms with van der Waals surface area (Å²) in [5.41, 5.74) is 0. The molecular weight excluding hydrogens is 172 g/mol. The second-order valence-electron chi connectivity index (χ2n) is 2.73. The fraction of sp³-hybridized carbons (Fsp3) is 0.667. The van der Waals surface area contributed by atoms with E-state index >= 15 is 0 Å². The molecule has 0 saturated carbocycles. The zero-order valence-corrected chi connectivity index (χ0v) is 7.94. The molecule has 0 radical (unpaired) electrons. The van der Waals surface area contributed by atoms with Crippen molar-refractivity contribution in [1.82, 2.24) is 0 Å². The fourth-order valence-electron chi connectivity index (χ4n) is 1.08. The predicted octanol–water partition coefficient (Wildman–Crippen LogP) is 1.65. The van der Waals surface area contributed by atoms with Crippen LogP contribution in [0.2, 0.25) is 0 Å². The van der Waals surface area contributed by atoms with Crippen molar-refractivity contribution in [2.75, 3.05) is 18.1 Å². The summed E-state index contributed by atoms with van der Waals surface area (Å²) < 4.78 is 5.33. The second kappa shape index (κ2) is 5.38. The lowest BCUT2D eigenvalue weighted by Crippen LogP contribution is -2.31. The van der Waals surface area contributed by atoms with Gasteiger partial charge in [-0.3, -0.25) is 4.79 Å². The topological polar surface area (TPSA) is 26.3 Å². The van der Waals surface area contributed by atoms with Gasteiger partial charge in [0.25, 0.3) is 0 Å². The van der Waals surface area contributed by atoms with Crippen LogP contribution in [-0.4, -0.2) is 30.0 Å². The number of ether oxygens (including phenoxy) is 1. The molecular formula is C9H14O2S. The third-order valence-corrected chi connectivity index (χ3v) is 2.76. The number of ketones is 1. The number of hydrogen-bond acceptors (Lipinski definition) is 3. The first kappa shape index (κ1) is 9.81. The Morgan fingerprint density at radius 3 is 3.17 bits per heavy atom. The minimum atomic E-state index is -0.149. The molecule has 1 unspecified atom stereocenters. The summed E-state index contributed by atoms with van der Waals surface area (Å²) in [7, 11) is 0. The molecule has 68 valence electrons. The number of thioether (sulfide) groups is 1. The maximum absolute atomic E-state index is 11.4. The van der Waals surface area contributed by atoms with Crippen molar-refractivity contribution in [2.45, 2.75) is 18.9 Å². The van der Waals surface area contributed by atoms with Gasteiger partial charge in [0, 0.05) is 17.9 Å². The van der Waals surface area contributed by atoms with Gasteiger partial charge < -0.3 is 4.74 Å². The van der Waals surface area contributed by atoms with Crippen molar-refractivity contribution in [3.05, 3.63) is 12.7 Å². The summed E-state index contributed by atoms with van der Waals surface area (Å²) in [6, 6.07) is 0. The summed E-state index contributed by atoms with van der Waals surface area (Å²) in [6.45, 7) is 4.30. The molecule has 12 heavy (non-hydrogen) atoms. The number of hydrogen-bond donors (Lipinski definition) is 0.